The normalized spacial score (nSPS) is 19.8. The molecule has 2 atom stereocenters. The third-order valence-electron chi connectivity index (χ3n) is 4.94. The number of aromatic nitrogens is 3. The van der Waals surface area contributed by atoms with Crippen LogP contribution in [0.1, 0.15) is 12.0 Å². The number of benzene rings is 1. The van der Waals surface area contributed by atoms with Crippen LogP contribution in [0.4, 0.5) is 15.9 Å². The molecule has 0 aliphatic carbocycles. The molecule has 1 aromatic carbocycles. The van der Waals surface area contributed by atoms with Crippen molar-refractivity contribution in [3.8, 4) is 0 Å². The van der Waals surface area contributed by atoms with Gasteiger partial charge in [0.25, 0.3) is 0 Å². The van der Waals surface area contributed by atoms with Crippen molar-refractivity contribution in [1.29, 1.82) is 0 Å². The number of aliphatic hydroxyl groups is 1. The molecule has 29 heavy (non-hydrogen) atoms. The van der Waals surface area contributed by atoms with E-state index in [4.69, 9.17) is 17.1 Å². The summed E-state index contributed by atoms with van der Waals surface area (Å²) in [6.45, 7) is 1.68. The van der Waals surface area contributed by atoms with Gasteiger partial charge in [0.1, 0.15) is 17.7 Å². The maximum Gasteiger partial charge on any atom is 0.158 e. The minimum atomic E-state index is -0.705. The smallest absolute Gasteiger partial charge is 0.158 e. The number of nitrogens with one attached hydrogen (secondary N) is 1. The average molecular weight is 417 g/mol. The summed E-state index contributed by atoms with van der Waals surface area (Å²) in [4.78, 5) is 9.22. The fourth-order valence-corrected chi connectivity index (χ4v) is 3.70. The molecule has 11 heteroatoms. The van der Waals surface area contributed by atoms with Gasteiger partial charge in [0.2, 0.25) is 0 Å². The molecule has 3 aromatic rings. The Hall–Kier alpha value is -2.91. The van der Waals surface area contributed by atoms with Crippen molar-refractivity contribution in [3.05, 3.63) is 63.6 Å². The SMILES string of the molecule is [N-]=[N+]=N[C@@H]1CCN(Cc2ccn3ncnc(Nc4ccc(F)c(Cl)c4)c23)C[C@H]1O. The molecule has 9 nitrogen and oxygen atoms in total. The first kappa shape index (κ1) is 19.4. The summed E-state index contributed by atoms with van der Waals surface area (Å²) >= 11 is 5.87. The number of likely N-dealkylation sites (tertiary alicyclic amines) is 1. The summed E-state index contributed by atoms with van der Waals surface area (Å²) in [5.74, 6) is 0.0725. The largest absolute Gasteiger partial charge is 0.391 e. The lowest BCUT2D eigenvalue weighted by Gasteiger charge is -2.33. The van der Waals surface area contributed by atoms with Crippen molar-refractivity contribution in [2.24, 2.45) is 5.11 Å². The molecular formula is C18H18ClFN8O. The Morgan fingerprint density at radius 2 is 2.28 bits per heavy atom. The third-order valence-corrected chi connectivity index (χ3v) is 5.23. The maximum absolute atomic E-state index is 13.4. The minimum Gasteiger partial charge on any atom is -0.391 e. The third kappa shape index (κ3) is 4.10. The van der Waals surface area contributed by atoms with E-state index in [-0.39, 0.29) is 5.02 Å². The van der Waals surface area contributed by atoms with Crippen molar-refractivity contribution in [3.63, 3.8) is 0 Å². The van der Waals surface area contributed by atoms with Gasteiger partial charge in [-0.15, -0.1) is 0 Å². The molecule has 150 valence electrons. The lowest BCUT2D eigenvalue weighted by molar-refractivity contribution is 0.0503. The lowest BCUT2D eigenvalue weighted by atomic mass is 10.0. The van der Waals surface area contributed by atoms with Crippen molar-refractivity contribution in [1.82, 2.24) is 19.5 Å². The molecule has 2 aromatic heterocycles. The highest BCUT2D eigenvalue weighted by Crippen LogP contribution is 2.27. The summed E-state index contributed by atoms with van der Waals surface area (Å²) in [6, 6.07) is 5.91. The maximum atomic E-state index is 13.4. The van der Waals surface area contributed by atoms with Crippen LogP contribution in [0.2, 0.25) is 5.02 Å². The molecule has 0 unspecified atom stereocenters. The van der Waals surface area contributed by atoms with E-state index in [2.05, 4.69) is 30.3 Å². The molecule has 0 spiro atoms. The lowest BCUT2D eigenvalue weighted by Crippen LogP contribution is -2.45. The van der Waals surface area contributed by atoms with E-state index in [0.717, 1.165) is 11.1 Å². The van der Waals surface area contributed by atoms with Crippen molar-refractivity contribution in [2.75, 3.05) is 18.4 Å². The molecule has 2 N–H and O–H groups in total. The van der Waals surface area contributed by atoms with Gasteiger partial charge in [-0.05, 0) is 48.3 Å². The predicted octanol–water partition coefficient (Wildman–Crippen LogP) is 3.51. The van der Waals surface area contributed by atoms with Crippen LogP contribution in [0.3, 0.4) is 0 Å². The highest BCUT2D eigenvalue weighted by atomic mass is 35.5. The first-order chi connectivity index (χ1) is 14.0. The number of β-amino-alcohol motifs (C(OH)–C–C–N with tert-alkyl or cyclic N) is 1. The molecule has 0 bridgehead atoms. The van der Waals surface area contributed by atoms with Gasteiger partial charge in [-0.3, -0.25) is 4.90 Å². The van der Waals surface area contributed by atoms with Crippen LogP contribution >= 0.6 is 11.6 Å². The van der Waals surface area contributed by atoms with Crippen LogP contribution in [-0.2, 0) is 6.54 Å². The van der Waals surface area contributed by atoms with Gasteiger partial charge in [0.05, 0.1) is 17.2 Å². The number of hydrogen-bond acceptors (Lipinski definition) is 6. The van der Waals surface area contributed by atoms with Crippen LogP contribution in [0.15, 0.2) is 41.9 Å². The van der Waals surface area contributed by atoms with Gasteiger partial charge >= 0.3 is 0 Å². The quantitative estimate of drug-likeness (QED) is 0.375. The van der Waals surface area contributed by atoms with E-state index in [1.54, 1.807) is 10.6 Å². The van der Waals surface area contributed by atoms with Gasteiger partial charge in [-0.25, -0.2) is 13.9 Å². The van der Waals surface area contributed by atoms with E-state index >= 15 is 0 Å². The highest BCUT2D eigenvalue weighted by molar-refractivity contribution is 6.31. The first-order valence-electron chi connectivity index (χ1n) is 9.03. The zero-order chi connectivity index (χ0) is 20.4. The molecule has 3 heterocycles. The van der Waals surface area contributed by atoms with Gasteiger partial charge < -0.3 is 10.4 Å². The van der Waals surface area contributed by atoms with Crippen LogP contribution in [-0.4, -0.2) is 49.8 Å². The summed E-state index contributed by atoms with van der Waals surface area (Å²) < 4.78 is 15.1. The number of aliphatic hydroxyl groups excluding tert-OH is 1. The predicted molar refractivity (Wildman–Crippen MR) is 107 cm³/mol. The highest BCUT2D eigenvalue weighted by Gasteiger charge is 2.27. The van der Waals surface area contributed by atoms with Crippen LogP contribution in [0, 0.1) is 5.82 Å². The number of rotatable bonds is 5. The number of azide groups is 1. The Morgan fingerprint density at radius 1 is 1.41 bits per heavy atom. The fourth-order valence-electron chi connectivity index (χ4n) is 3.52. The van der Waals surface area contributed by atoms with Crippen LogP contribution in [0.5, 0.6) is 0 Å². The number of piperidine rings is 1. The number of nitrogens with zero attached hydrogens (tertiary/aromatic N) is 7. The molecule has 1 saturated heterocycles. The van der Waals surface area contributed by atoms with E-state index in [9.17, 15) is 9.50 Å². The van der Waals surface area contributed by atoms with Crippen molar-refractivity contribution < 1.29 is 9.50 Å². The van der Waals surface area contributed by atoms with Gasteiger partial charge in [0, 0.05) is 29.9 Å². The Labute approximate surface area is 170 Å². The standard InChI is InChI=1S/C18H18ClFN8O/c19-13-7-12(1-2-14(13)20)24-18-17-11(3-6-28(17)23-10-22-18)8-27-5-4-15(25-26-21)16(29)9-27/h1-3,6-7,10,15-16,29H,4-5,8-9H2,(H,22,23,24)/t15-,16-/m1/s1. The number of fused-ring (bicyclic) bond motifs is 1. The molecule has 1 aliphatic heterocycles. The fraction of sp³-hybridized carbons (Fsp3) is 0.333. The second-order valence-corrected chi connectivity index (χ2v) is 7.27. The molecular weight excluding hydrogens is 399 g/mol. The minimum absolute atomic E-state index is 0.0209. The van der Waals surface area contributed by atoms with E-state index < -0.39 is 18.0 Å². The molecule has 0 amide bonds. The molecule has 1 fully saturated rings. The summed E-state index contributed by atoms with van der Waals surface area (Å²) in [6.07, 6.45) is 3.15. The topological polar surface area (TPSA) is 114 Å². The van der Waals surface area contributed by atoms with E-state index in [0.29, 0.717) is 37.6 Å². The number of halogens is 2. The molecule has 1 aliphatic rings. The first-order valence-corrected chi connectivity index (χ1v) is 9.41. The Bertz CT molecular complexity index is 1080. The zero-order valence-electron chi connectivity index (χ0n) is 15.3. The van der Waals surface area contributed by atoms with Gasteiger partial charge in [0.15, 0.2) is 5.82 Å². The van der Waals surface area contributed by atoms with Crippen molar-refractivity contribution in [2.45, 2.75) is 25.1 Å². The average Bonchev–Trinajstić information content (AvgIpc) is 3.11. The van der Waals surface area contributed by atoms with Crippen molar-refractivity contribution >= 4 is 28.6 Å². The van der Waals surface area contributed by atoms with Crippen LogP contribution < -0.4 is 5.32 Å². The molecule has 4 rings (SSSR count). The number of anilines is 2. The van der Waals surface area contributed by atoms with E-state index in [1.165, 1.54) is 18.5 Å². The summed E-state index contributed by atoms with van der Waals surface area (Å²) in [5.41, 5.74) is 10.9. The van der Waals surface area contributed by atoms with Crippen LogP contribution in [0.25, 0.3) is 16.0 Å². The van der Waals surface area contributed by atoms with Gasteiger partial charge in [-0.1, -0.05) is 16.7 Å². The summed E-state index contributed by atoms with van der Waals surface area (Å²) in [7, 11) is 0. The second-order valence-electron chi connectivity index (χ2n) is 6.86. The molecule has 0 saturated carbocycles. The number of hydrogen-bond donors (Lipinski definition) is 2. The second kappa shape index (κ2) is 8.22. The van der Waals surface area contributed by atoms with E-state index in [1.807, 2.05) is 12.3 Å². The Morgan fingerprint density at radius 3 is 3.03 bits per heavy atom. The van der Waals surface area contributed by atoms with Gasteiger partial charge in [-0.2, -0.15) is 5.10 Å². The zero-order valence-corrected chi connectivity index (χ0v) is 16.0. The Kier molecular flexibility index (Phi) is 5.50. The molecule has 0 radical (unpaired) electrons. The summed E-state index contributed by atoms with van der Waals surface area (Å²) in [5, 5.41) is 21.3. The monoisotopic (exact) mass is 416 g/mol. The Balaban J connectivity index is 1.58.